The Balaban J connectivity index is 1.90. The van der Waals surface area contributed by atoms with E-state index in [0.717, 1.165) is 19.2 Å². The number of nitrogens with one attached hydrogen (secondary N) is 1. The van der Waals surface area contributed by atoms with Gasteiger partial charge in [0.05, 0.1) is 24.0 Å². The minimum absolute atomic E-state index is 0.0187. The van der Waals surface area contributed by atoms with Crippen molar-refractivity contribution < 1.29 is 17.5 Å². The summed E-state index contributed by atoms with van der Waals surface area (Å²) in [5.74, 6) is -0.884. The molecule has 1 saturated heterocycles. The maximum Gasteiger partial charge on any atom is 0.216 e. The maximum atomic E-state index is 13.4. The third kappa shape index (κ3) is 5.48. The second-order valence-electron chi connectivity index (χ2n) is 5.44. The number of halogens is 2. The maximum absolute atomic E-state index is 13.4. The zero-order valence-corrected chi connectivity index (χ0v) is 14.0. The Morgan fingerprint density at radius 3 is 2.73 bits per heavy atom. The average molecular weight is 351 g/mol. The second-order valence-corrected chi connectivity index (χ2v) is 7.60. The number of hydrogen-bond acceptors (Lipinski definition) is 4. The first-order valence-corrected chi connectivity index (χ1v) is 9.13. The van der Waals surface area contributed by atoms with E-state index in [-0.39, 0.29) is 16.8 Å². The van der Waals surface area contributed by atoms with Crippen LogP contribution < -0.4 is 4.72 Å². The number of nitrogens with zero attached hydrogens (tertiary/aromatic N) is 1. The normalized spacial score (nSPS) is 18.3. The van der Waals surface area contributed by atoms with Crippen molar-refractivity contribution in [2.24, 2.45) is 0 Å². The van der Waals surface area contributed by atoms with E-state index in [2.05, 4.69) is 9.62 Å². The zero-order chi connectivity index (χ0) is 16.2. The lowest BCUT2D eigenvalue weighted by Gasteiger charge is -2.29. The molecule has 124 valence electrons. The van der Waals surface area contributed by atoms with Crippen LogP contribution in [0.25, 0.3) is 0 Å². The van der Waals surface area contributed by atoms with Crippen molar-refractivity contribution in [3.8, 4) is 0 Å². The van der Waals surface area contributed by atoms with Crippen molar-refractivity contribution in [2.45, 2.75) is 18.7 Å². The fraction of sp³-hybridized carbons (Fsp3) is 0.571. The summed E-state index contributed by atoms with van der Waals surface area (Å²) in [4.78, 5) is 2.15. The van der Waals surface area contributed by atoms with Gasteiger partial charge in [-0.15, -0.1) is 0 Å². The van der Waals surface area contributed by atoms with Gasteiger partial charge < -0.3 is 4.74 Å². The molecule has 22 heavy (non-hydrogen) atoms. The molecule has 8 heteroatoms. The topological polar surface area (TPSA) is 58.6 Å². The van der Waals surface area contributed by atoms with E-state index >= 15 is 0 Å². The Bertz CT molecular complexity index is 606. The highest BCUT2D eigenvalue weighted by Crippen LogP contribution is 2.17. The highest BCUT2D eigenvalue weighted by atomic mass is 35.5. The summed E-state index contributed by atoms with van der Waals surface area (Å²) in [7, 11) is -3.53. The molecule has 5 nitrogen and oxygen atoms in total. The molecular weight excluding hydrogens is 331 g/mol. The summed E-state index contributed by atoms with van der Waals surface area (Å²) >= 11 is 5.59. The van der Waals surface area contributed by atoms with Gasteiger partial charge in [0.15, 0.2) is 0 Å². The van der Waals surface area contributed by atoms with Crippen LogP contribution >= 0.6 is 11.6 Å². The average Bonchev–Trinajstić information content (AvgIpc) is 2.43. The van der Waals surface area contributed by atoms with Crippen LogP contribution in [0.2, 0.25) is 5.02 Å². The van der Waals surface area contributed by atoms with Crippen LogP contribution in [0.3, 0.4) is 0 Å². The van der Waals surface area contributed by atoms with Crippen LogP contribution in [0, 0.1) is 5.82 Å². The van der Waals surface area contributed by atoms with Gasteiger partial charge in [0, 0.05) is 25.7 Å². The molecule has 0 radical (unpaired) electrons. The van der Waals surface area contributed by atoms with Gasteiger partial charge in [0.2, 0.25) is 10.0 Å². The molecule has 0 aliphatic carbocycles. The molecule has 0 unspecified atom stereocenters. The van der Waals surface area contributed by atoms with E-state index in [4.69, 9.17) is 16.3 Å². The van der Waals surface area contributed by atoms with E-state index in [1.165, 1.54) is 12.1 Å². The van der Waals surface area contributed by atoms with Crippen molar-refractivity contribution in [1.29, 1.82) is 0 Å². The van der Waals surface area contributed by atoms with Crippen molar-refractivity contribution in [3.05, 3.63) is 34.6 Å². The first kappa shape index (κ1) is 17.6. The first-order chi connectivity index (χ1) is 10.4. The summed E-state index contributed by atoms with van der Waals surface area (Å²) in [5, 5.41) is -0.0187. The fourth-order valence-corrected chi connectivity index (χ4v) is 3.91. The molecule has 0 saturated carbocycles. The largest absolute Gasteiger partial charge is 0.379 e. The van der Waals surface area contributed by atoms with Gasteiger partial charge in [-0.05, 0) is 24.6 Å². The molecule has 1 fully saturated rings. The monoisotopic (exact) mass is 350 g/mol. The lowest BCUT2D eigenvalue weighted by Crippen LogP contribution is -2.46. The standard InChI is InChI=1S/C14H20ClFN2O3S/c1-11(9-18-4-6-21-7-5-18)17-22(19,20)10-12-2-3-13(15)14(16)8-12/h2-3,8,11,17H,4-7,9-10H2,1H3/t11-/m1/s1. The Morgan fingerprint density at radius 1 is 1.41 bits per heavy atom. The van der Waals surface area contributed by atoms with Crippen LogP contribution in [0.1, 0.15) is 12.5 Å². The molecule has 1 N–H and O–H groups in total. The molecule has 0 amide bonds. The molecule has 1 aliphatic heterocycles. The Labute approximate surface area is 135 Å². The van der Waals surface area contributed by atoms with Gasteiger partial charge in [-0.25, -0.2) is 17.5 Å². The fourth-order valence-electron chi connectivity index (χ4n) is 2.41. The SMILES string of the molecule is C[C@H](CN1CCOCC1)NS(=O)(=O)Cc1ccc(Cl)c(F)c1. The van der Waals surface area contributed by atoms with Crippen LogP contribution in [-0.2, 0) is 20.5 Å². The van der Waals surface area contributed by atoms with E-state index < -0.39 is 15.8 Å². The summed E-state index contributed by atoms with van der Waals surface area (Å²) < 4.78 is 45.5. The molecule has 2 rings (SSSR count). The molecule has 0 spiro atoms. The van der Waals surface area contributed by atoms with Gasteiger partial charge in [-0.2, -0.15) is 0 Å². The molecule has 1 aliphatic rings. The van der Waals surface area contributed by atoms with Gasteiger partial charge in [-0.3, -0.25) is 4.90 Å². The molecule has 0 bridgehead atoms. The number of ether oxygens (including phenoxy) is 1. The molecule has 1 aromatic carbocycles. The van der Waals surface area contributed by atoms with E-state index in [1.54, 1.807) is 0 Å². The van der Waals surface area contributed by atoms with Crippen molar-refractivity contribution in [3.63, 3.8) is 0 Å². The number of hydrogen-bond donors (Lipinski definition) is 1. The van der Waals surface area contributed by atoms with Gasteiger partial charge in [0.1, 0.15) is 5.82 Å². The Kier molecular flexibility index (Phi) is 6.17. The molecule has 1 atom stereocenters. The summed E-state index contributed by atoms with van der Waals surface area (Å²) in [6, 6.07) is 3.80. The molecule has 1 heterocycles. The van der Waals surface area contributed by atoms with Crippen molar-refractivity contribution >= 4 is 21.6 Å². The van der Waals surface area contributed by atoms with Crippen molar-refractivity contribution in [2.75, 3.05) is 32.8 Å². The quantitative estimate of drug-likeness (QED) is 0.847. The minimum Gasteiger partial charge on any atom is -0.379 e. The summed E-state index contributed by atoms with van der Waals surface area (Å²) in [6.45, 7) is 5.38. The van der Waals surface area contributed by atoms with Gasteiger partial charge in [0.25, 0.3) is 0 Å². The molecule has 0 aromatic heterocycles. The highest BCUT2D eigenvalue weighted by Gasteiger charge is 2.19. The van der Waals surface area contributed by atoms with E-state index in [9.17, 15) is 12.8 Å². The van der Waals surface area contributed by atoms with Crippen LogP contribution in [0.4, 0.5) is 4.39 Å². The number of sulfonamides is 1. The van der Waals surface area contributed by atoms with Crippen molar-refractivity contribution in [1.82, 2.24) is 9.62 Å². The van der Waals surface area contributed by atoms with E-state index in [1.807, 2.05) is 6.92 Å². The second kappa shape index (κ2) is 7.70. The van der Waals surface area contributed by atoms with Crippen LogP contribution in [0.15, 0.2) is 18.2 Å². The zero-order valence-electron chi connectivity index (χ0n) is 12.4. The summed E-state index contributed by atoms with van der Waals surface area (Å²) in [5.41, 5.74) is 0.368. The molecule has 1 aromatic rings. The predicted molar refractivity (Wildman–Crippen MR) is 83.9 cm³/mol. The lowest BCUT2D eigenvalue weighted by atomic mass is 10.2. The smallest absolute Gasteiger partial charge is 0.216 e. The first-order valence-electron chi connectivity index (χ1n) is 7.10. The number of rotatable bonds is 6. The van der Waals surface area contributed by atoms with Gasteiger partial charge in [-0.1, -0.05) is 17.7 Å². The Morgan fingerprint density at radius 2 is 2.09 bits per heavy atom. The minimum atomic E-state index is -3.53. The van der Waals surface area contributed by atoms with E-state index in [0.29, 0.717) is 25.3 Å². The summed E-state index contributed by atoms with van der Waals surface area (Å²) in [6.07, 6.45) is 0. The third-order valence-corrected chi connectivity index (χ3v) is 5.14. The number of morpholine rings is 1. The Hall–Kier alpha value is -0.730. The highest BCUT2D eigenvalue weighted by molar-refractivity contribution is 7.88. The number of benzene rings is 1. The third-order valence-electron chi connectivity index (χ3n) is 3.36. The van der Waals surface area contributed by atoms with Crippen LogP contribution in [-0.4, -0.2) is 52.2 Å². The predicted octanol–water partition coefficient (Wildman–Crippen LogP) is 1.62. The molecular formula is C14H20ClFN2O3S. The lowest BCUT2D eigenvalue weighted by molar-refractivity contribution is 0.0354. The van der Waals surface area contributed by atoms with Gasteiger partial charge >= 0.3 is 0 Å². The van der Waals surface area contributed by atoms with Crippen LogP contribution in [0.5, 0.6) is 0 Å².